The molecule has 2 aromatic carbocycles. The molecule has 0 aromatic heterocycles. The molecule has 0 heterocycles. The minimum absolute atomic E-state index is 0.0110. The third-order valence-corrected chi connectivity index (χ3v) is 4.88. The highest BCUT2D eigenvalue weighted by molar-refractivity contribution is 8.16. The van der Waals surface area contributed by atoms with E-state index in [4.69, 9.17) is 0 Å². The molecule has 23 heavy (non-hydrogen) atoms. The van der Waals surface area contributed by atoms with E-state index in [-0.39, 0.29) is 22.1 Å². The van der Waals surface area contributed by atoms with Crippen LogP contribution in [0.5, 0.6) is 0 Å². The highest BCUT2D eigenvalue weighted by Crippen LogP contribution is 2.12. The van der Waals surface area contributed by atoms with Crippen LogP contribution in [0.25, 0.3) is 0 Å². The van der Waals surface area contributed by atoms with Crippen LogP contribution < -0.4 is 0 Å². The molecule has 120 valence electrons. The summed E-state index contributed by atoms with van der Waals surface area (Å²) in [6.07, 6.45) is 5.26. The topological polar surface area (TPSA) is 34.1 Å². The average Bonchev–Trinajstić information content (AvgIpc) is 2.54. The molecule has 0 N–H and O–H groups in total. The molecule has 0 bridgehead atoms. The van der Waals surface area contributed by atoms with Gasteiger partial charge in [-0.25, -0.2) is 0 Å². The maximum atomic E-state index is 12.6. The zero-order chi connectivity index (χ0) is 16.7. The summed E-state index contributed by atoms with van der Waals surface area (Å²) in [5.41, 5.74) is 2.08. The van der Waals surface area contributed by atoms with E-state index in [0.29, 0.717) is 24.1 Å². The van der Waals surface area contributed by atoms with E-state index in [1.54, 1.807) is 0 Å². The van der Waals surface area contributed by atoms with Crippen molar-refractivity contribution in [2.75, 3.05) is 12.5 Å². The molecule has 0 aliphatic heterocycles. The predicted octanol–water partition coefficient (Wildman–Crippen LogP) is 3.70. The van der Waals surface area contributed by atoms with E-state index in [1.807, 2.05) is 73.2 Å². The normalized spacial score (nSPS) is 10.6. The van der Waals surface area contributed by atoms with Gasteiger partial charge in [-0.1, -0.05) is 60.7 Å². The van der Waals surface area contributed by atoms with Gasteiger partial charge in [0.15, 0.2) is 11.6 Å². The van der Waals surface area contributed by atoms with Gasteiger partial charge >= 0.3 is 0 Å². The number of ketones is 2. The van der Waals surface area contributed by atoms with E-state index in [9.17, 15) is 9.59 Å². The van der Waals surface area contributed by atoms with E-state index in [1.165, 1.54) is 0 Å². The quantitative estimate of drug-likeness (QED) is 0.574. The van der Waals surface area contributed by atoms with E-state index < -0.39 is 0 Å². The Morgan fingerprint density at radius 3 is 1.83 bits per heavy atom. The van der Waals surface area contributed by atoms with Crippen LogP contribution in [-0.4, -0.2) is 28.9 Å². The fraction of sp³-hybridized carbons (Fsp3) is 0.250. The summed E-state index contributed by atoms with van der Waals surface area (Å²) in [4.78, 5) is 25.6. The molecule has 2 aromatic rings. The van der Waals surface area contributed by atoms with Crippen LogP contribution in [0.4, 0.5) is 0 Å². The summed E-state index contributed by atoms with van der Waals surface area (Å²) < 4.78 is 0. The number of benzene rings is 2. The lowest BCUT2D eigenvalue weighted by atomic mass is 10.0. The van der Waals surface area contributed by atoms with Crippen molar-refractivity contribution >= 4 is 26.9 Å². The van der Waals surface area contributed by atoms with E-state index in [2.05, 4.69) is 0 Å². The summed E-state index contributed by atoms with van der Waals surface area (Å²) in [7, 11) is -0.327. The largest absolute Gasteiger partial charge is 0.293 e. The fourth-order valence-corrected chi connectivity index (χ4v) is 3.57. The average molecular weight is 326 g/mol. The van der Waals surface area contributed by atoms with Crippen LogP contribution in [0.2, 0.25) is 0 Å². The summed E-state index contributed by atoms with van der Waals surface area (Å²) in [5, 5.41) is 0. The van der Waals surface area contributed by atoms with Gasteiger partial charge in [-0.3, -0.25) is 9.59 Å². The minimum Gasteiger partial charge on any atom is -0.293 e. The Morgan fingerprint density at radius 2 is 1.30 bits per heavy atom. The lowest BCUT2D eigenvalue weighted by molar-refractivity contribution is -0.116. The van der Waals surface area contributed by atoms with Crippen LogP contribution in [0.1, 0.15) is 17.5 Å². The first-order chi connectivity index (χ1) is 11.1. The number of hydrogen-bond acceptors (Lipinski definition) is 2. The third kappa shape index (κ3) is 5.29. The summed E-state index contributed by atoms with van der Waals surface area (Å²) in [6.45, 7) is 0. The Morgan fingerprint density at radius 1 is 0.783 bits per heavy atom. The molecule has 0 amide bonds. The Bertz CT molecular complexity index is 699. The number of Topliss-reactive ketones (excluding diaryl/α,β-unsaturated/α-hetero) is 2. The van der Waals surface area contributed by atoms with Crippen molar-refractivity contribution in [1.29, 1.82) is 0 Å². The molecule has 0 spiro atoms. The van der Waals surface area contributed by atoms with Gasteiger partial charge in [-0.15, -0.1) is 0 Å². The van der Waals surface area contributed by atoms with Crippen molar-refractivity contribution in [1.82, 2.24) is 0 Å². The monoisotopic (exact) mass is 326 g/mol. The van der Waals surface area contributed by atoms with Gasteiger partial charge in [0.2, 0.25) is 0 Å². The first-order valence-electron chi connectivity index (χ1n) is 7.66. The molecule has 3 heteroatoms. The maximum absolute atomic E-state index is 12.6. The molecule has 0 unspecified atom stereocenters. The van der Waals surface area contributed by atoms with Crippen LogP contribution >= 0.6 is 10.5 Å². The molecular weight excluding hydrogens is 304 g/mol. The lowest BCUT2D eigenvalue weighted by Gasteiger charge is -2.09. The first-order valence-corrected chi connectivity index (χ1v) is 9.71. The van der Waals surface area contributed by atoms with Gasteiger partial charge in [0.1, 0.15) is 0 Å². The molecule has 0 aliphatic carbocycles. The van der Waals surface area contributed by atoms with Crippen molar-refractivity contribution < 1.29 is 9.59 Å². The van der Waals surface area contributed by atoms with Crippen LogP contribution in [-0.2, 0) is 22.4 Å². The molecular formula is C20H22O2S. The summed E-state index contributed by atoms with van der Waals surface area (Å²) in [5.74, 6) is -0.0503. The van der Waals surface area contributed by atoms with Gasteiger partial charge in [0, 0.05) is 12.8 Å². The molecule has 0 atom stereocenters. The van der Waals surface area contributed by atoms with Gasteiger partial charge in [-0.2, -0.15) is 10.5 Å². The van der Waals surface area contributed by atoms with Crippen molar-refractivity contribution in [3.63, 3.8) is 0 Å². The minimum atomic E-state index is -0.327. The number of rotatable bonds is 7. The van der Waals surface area contributed by atoms with E-state index >= 15 is 0 Å². The van der Waals surface area contributed by atoms with Crippen LogP contribution in [0.15, 0.2) is 60.7 Å². The number of hydrogen-bond donors (Lipinski definition) is 0. The number of carbonyl (C=O) groups excluding carboxylic acids is 2. The summed E-state index contributed by atoms with van der Waals surface area (Å²) in [6, 6.07) is 19.5. The molecule has 2 nitrogen and oxygen atoms in total. The second kappa shape index (κ2) is 8.59. The molecule has 0 saturated heterocycles. The molecule has 0 fully saturated rings. The van der Waals surface area contributed by atoms with Gasteiger partial charge in [0.05, 0.1) is 4.86 Å². The van der Waals surface area contributed by atoms with Crippen molar-refractivity contribution in [3.05, 3.63) is 71.8 Å². The zero-order valence-corrected chi connectivity index (χ0v) is 14.4. The highest BCUT2D eigenvalue weighted by atomic mass is 32.2. The lowest BCUT2D eigenvalue weighted by Crippen LogP contribution is -2.26. The van der Waals surface area contributed by atoms with Crippen molar-refractivity contribution in [3.8, 4) is 0 Å². The fourth-order valence-electron chi connectivity index (χ4n) is 2.49. The second-order valence-electron chi connectivity index (χ2n) is 5.64. The Hall–Kier alpha value is -2.00. The predicted molar refractivity (Wildman–Crippen MR) is 99.4 cm³/mol. The van der Waals surface area contributed by atoms with Crippen LogP contribution in [0, 0.1) is 0 Å². The van der Waals surface area contributed by atoms with Crippen LogP contribution in [0.3, 0.4) is 0 Å². The first kappa shape index (κ1) is 17.4. The van der Waals surface area contributed by atoms with Gasteiger partial charge in [0.25, 0.3) is 0 Å². The standard InChI is InChI=1S/C20H22O2S/c1-23(2)20(19(22)15-17-11-7-4-8-12-17)18(21)14-13-16-9-5-3-6-10-16/h3-12H,13-15H2,1-2H3. The Labute approximate surface area is 140 Å². The SMILES string of the molecule is CS(C)=C(C(=O)CCc1ccccc1)C(=O)Cc1ccccc1. The maximum Gasteiger partial charge on any atom is 0.176 e. The highest BCUT2D eigenvalue weighted by Gasteiger charge is 2.19. The van der Waals surface area contributed by atoms with Gasteiger partial charge in [-0.05, 0) is 30.1 Å². The molecule has 0 radical (unpaired) electrons. The van der Waals surface area contributed by atoms with Gasteiger partial charge < -0.3 is 0 Å². The smallest absolute Gasteiger partial charge is 0.176 e. The number of aryl methyl sites for hydroxylation is 1. The molecule has 0 aliphatic rings. The zero-order valence-electron chi connectivity index (χ0n) is 13.6. The summed E-state index contributed by atoms with van der Waals surface area (Å²) >= 11 is 0. The van der Waals surface area contributed by atoms with Crippen molar-refractivity contribution in [2.45, 2.75) is 19.3 Å². The Kier molecular flexibility index (Phi) is 6.48. The third-order valence-electron chi connectivity index (χ3n) is 3.61. The van der Waals surface area contributed by atoms with E-state index in [0.717, 1.165) is 11.1 Å². The second-order valence-corrected chi connectivity index (χ2v) is 7.68. The molecule has 0 saturated carbocycles. The molecule has 2 rings (SSSR count). The number of carbonyl (C=O) groups is 2. The van der Waals surface area contributed by atoms with Crippen molar-refractivity contribution in [2.24, 2.45) is 0 Å². The Balaban J connectivity index is 2.04.